The lowest BCUT2D eigenvalue weighted by atomic mass is 10.1. The van der Waals surface area contributed by atoms with Gasteiger partial charge in [-0.2, -0.15) is 0 Å². The fourth-order valence-corrected chi connectivity index (χ4v) is 2.69. The predicted octanol–water partition coefficient (Wildman–Crippen LogP) is -1.45. The summed E-state index contributed by atoms with van der Waals surface area (Å²) >= 11 is 0. The smallest absolute Gasteiger partial charge is 0.242 e. The number of carbonyl (C=O) groups excluding carboxylic acids is 3. The summed E-state index contributed by atoms with van der Waals surface area (Å²) in [6.45, 7) is 4.49. The van der Waals surface area contributed by atoms with E-state index in [4.69, 9.17) is 0 Å². The summed E-state index contributed by atoms with van der Waals surface area (Å²) in [5.41, 5.74) is 0. The zero-order valence-electron chi connectivity index (χ0n) is 11.9. The largest absolute Gasteiger partial charge is 0.352 e. The molecule has 0 aromatic heterocycles. The van der Waals surface area contributed by atoms with E-state index in [1.54, 1.807) is 9.80 Å². The number of hydrogen-bond acceptors (Lipinski definition) is 4. The quantitative estimate of drug-likeness (QED) is 0.663. The van der Waals surface area contributed by atoms with Gasteiger partial charge in [0.2, 0.25) is 17.7 Å². The van der Waals surface area contributed by atoms with Crippen LogP contribution < -0.4 is 10.6 Å². The molecule has 0 spiro atoms. The van der Waals surface area contributed by atoms with Gasteiger partial charge in [0.15, 0.2) is 0 Å². The highest BCUT2D eigenvalue weighted by Crippen LogP contribution is 2.11. The summed E-state index contributed by atoms with van der Waals surface area (Å²) in [7, 11) is 0. The van der Waals surface area contributed by atoms with Gasteiger partial charge in [0.05, 0.1) is 13.1 Å². The molecule has 2 heterocycles. The van der Waals surface area contributed by atoms with Gasteiger partial charge in [-0.05, 0) is 12.8 Å². The molecule has 7 heteroatoms. The lowest BCUT2D eigenvalue weighted by molar-refractivity contribution is -0.142. The molecule has 0 radical (unpaired) electrons. The van der Waals surface area contributed by atoms with E-state index in [-0.39, 0.29) is 30.3 Å². The Bertz CT molecular complexity index is 399. The van der Waals surface area contributed by atoms with E-state index in [0.717, 1.165) is 19.4 Å². The molecule has 2 N–H and O–H groups in total. The second-order valence-corrected chi connectivity index (χ2v) is 5.37. The van der Waals surface area contributed by atoms with Crippen molar-refractivity contribution in [3.63, 3.8) is 0 Å². The van der Waals surface area contributed by atoms with Crippen molar-refractivity contribution in [2.75, 3.05) is 39.3 Å². The van der Waals surface area contributed by atoms with Crippen molar-refractivity contribution in [3.05, 3.63) is 0 Å². The monoisotopic (exact) mass is 282 g/mol. The molecule has 2 aliphatic heterocycles. The molecule has 20 heavy (non-hydrogen) atoms. The van der Waals surface area contributed by atoms with Crippen molar-refractivity contribution in [1.82, 2.24) is 20.4 Å². The SMILES string of the molecule is CC(=O)NC1CCCN(C(=O)CN2CCNCC2=O)C1. The van der Waals surface area contributed by atoms with Gasteiger partial charge in [-0.3, -0.25) is 14.4 Å². The van der Waals surface area contributed by atoms with Gasteiger partial charge in [0.1, 0.15) is 0 Å². The fraction of sp³-hybridized carbons (Fsp3) is 0.769. The first-order valence-corrected chi connectivity index (χ1v) is 7.09. The molecule has 2 fully saturated rings. The molecule has 0 bridgehead atoms. The second-order valence-electron chi connectivity index (χ2n) is 5.37. The van der Waals surface area contributed by atoms with E-state index in [9.17, 15) is 14.4 Å². The van der Waals surface area contributed by atoms with Crippen LogP contribution in [0.3, 0.4) is 0 Å². The average molecular weight is 282 g/mol. The number of piperazine rings is 1. The van der Waals surface area contributed by atoms with Crippen LogP contribution in [0.5, 0.6) is 0 Å². The molecule has 0 aliphatic carbocycles. The summed E-state index contributed by atoms with van der Waals surface area (Å²) in [6, 6.07) is 0.0314. The van der Waals surface area contributed by atoms with Crippen molar-refractivity contribution in [1.29, 1.82) is 0 Å². The Kier molecular flexibility index (Phi) is 4.94. The summed E-state index contributed by atoms with van der Waals surface area (Å²) in [4.78, 5) is 38.3. The van der Waals surface area contributed by atoms with E-state index in [2.05, 4.69) is 10.6 Å². The van der Waals surface area contributed by atoms with Gasteiger partial charge in [-0.1, -0.05) is 0 Å². The molecule has 0 aromatic carbocycles. The molecule has 2 aliphatic rings. The molecule has 1 unspecified atom stereocenters. The third-order valence-corrected chi connectivity index (χ3v) is 3.70. The van der Waals surface area contributed by atoms with Crippen LogP contribution in [0.4, 0.5) is 0 Å². The number of carbonyl (C=O) groups is 3. The second kappa shape index (κ2) is 6.69. The highest BCUT2D eigenvalue weighted by atomic mass is 16.2. The summed E-state index contributed by atoms with van der Waals surface area (Å²) in [5.74, 6) is -0.128. The minimum absolute atomic E-state index is 0.0278. The molecule has 2 rings (SSSR count). The van der Waals surface area contributed by atoms with Crippen LogP contribution in [0.2, 0.25) is 0 Å². The molecule has 1 atom stereocenters. The third kappa shape index (κ3) is 3.93. The molecule has 0 saturated carbocycles. The normalized spacial score (nSPS) is 23.6. The van der Waals surface area contributed by atoms with Gasteiger partial charge in [0.25, 0.3) is 0 Å². The zero-order chi connectivity index (χ0) is 14.5. The first-order chi connectivity index (χ1) is 9.56. The Hall–Kier alpha value is -1.63. The van der Waals surface area contributed by atoms with Crippen molar-refractivity contribution in [2.24, 2.45) is 0 Å². The molecule has 112 valence electrons. The summed E-state index contributed by atoms with van der Waals surface area (Å²) in [6.07, 6.45) is 1.78. The third-order valence-electron chi connectivity index (χ3n) is 3.70. The van der Waals surface area contributed by atoms with Gasteiger partial charge in [0, 0.05) is 39.1 Å². The maximum Gasteiger partial charge on any atom is 0.242 e. The van der Waals surface area contributed by atoms with Crippen molar-refractivity contribution < 1.29 is 14.4 Å². The van der Waals surface area contributed by atoms with Crippen molar-refractivity contribution in [3.8, 4) is 0 Å². The molecule has 0 aromatic rings. The Labute approximate surface area is 118 Å². The zero-order valence-corrected chi connectivity index (χ0v) is 11.9. The number of hydrogen-bond donors (Lipinski definition) is 2. The summed E-state index contributed by atoms with van der Waals surface area (Å²) in [5, 5.41) is 5.84. The summed E-state index contributed by atoms with van der Waals surface area (Å²) < 4.78 is 0. The Balaban J connectivity index is 1.85. The van der Waals surface area contributed by atoms with Crippen molar-refractivity contribution in [2.45, 2.75) is 25.8 Å². The minimum Gasteiger partial charge on any atom is -0.352 e. The predicted molar refractivity (Wildman–Crippen MR) is 72.9 cm³/mol. The molecular weight excluding hydrogens is 260 g/mol. The lowest BCUT2D eigenvalue weighted by Crippen LogP contribution is -2.54. The topological polar surface area (TPSA) is 81.8 Å². The maximum atomic E-state index is 12.2. The average Bonchev–Trinajstić information content (AvgIpc) is 2.41. The van der Waals surface area contributed by atoms with E-state index < -0.39 is 0 Å². The van der Waals surface area contributed by atoms with Gasteiger partial charge in [-0.25, -0.2) is 0 Å². The van der Waals surface area contributed by atoms with Crippen LogP contribution in [0.25, 0.3) is 0 Å². The molecule has 2 saturated heterocycles. The molecular formula is C13H22N4O3. The highest BCUT2D eigenvalue weighted by Gasteiger charge is 2.27. The van der Waals surface area contributed by atoms with E-state index in [1.165, 1.54) is 6.92 Å². The van der Waals surface area contributed by atoms with Gasteiger partial charge < -0.3 is 20.4 Å². The Morgan fingerprint density at radius 3 is 2.90 bits per heavy atom. The van der Waals surface area contributed by atoms with E-state index >= 15 is 0 Å². The number of nitrogens with one attached hydrogen (secondary N) is 2. The first-order valence-electron chi connectivity index (χ1n) is 7.09. The van der Waals surface area contributed by atoms with Gasteiger partial charge >= 0.3 is 0 Å². The number of rotatable bonds is 3. The van der Waals surface area contributed by atoms with Gasteiger partial charge in [-0.15, -0.1) is 0 Å². The van der Waals surface area contributed by atoms with Crippen molar-refractivity contribution >= 4 is 17.7 Å². The molecule has 3 amide bonds. The number of amides is 3. The highest BCUT2D eigenvalue weighted by molar-refractivity contribution is 5.86. The van der Waals surface area contributed by atoms with Crippen LogP contribution in [0.15, 0.2) is 0 Å². The van der Waals surface area contributed by atoms with Crippen LogP contribution in [-0.4, -0.2) is 72.8 Å². The Morgan fingerprint density at radius 1 is 1.40 bits per heavy atom. The number of likely N-dealkylation sites (tertiary alicyclic amines) is 1. The number of piperidine rings is 1. The van der Waals surface area contributed by atoms with E-state index in [1.807, 2.05) is 0 Å². The van der Waals surface area contributed by atoms with E-state index in [0.29, 0.717) is 26.2 Å². The lowest BCUT2D eigenvalue weighted by Gasteiger charge is -2.35. The molecule has 7 nitrogen and oxygen atoms in total. The van der Waals surface area contributed by atoms with Crippen LogP contribution >= 0.6 is 0 Å². The number of nitrogens with zero attached hydrogens (tertiary/aromatic N) is 2. The Morgan fingerprint density at radius 2 is 2.20 bits per heavy atom. The van der Waals surface area contributed by atoms with Crippen LogP contribution in [0, 0.1) is 0 Å². The van der Waals surface area contributed by atoms with Crippen LogP contribution in [0.1, 0.15) is 19.8 Å². The first kappa shape index (κ1) is 14.8. The fourth-order valence-electron chi connectivity index (χ4n) is 2.69. The maximum absolute atomic E-state index is 12.2. The minimum atomic E-state index is -0.0680. The van der Waals surface area contributed by atoms with Crippen LogP contribution in [-0.2, 0) is 14.4 Å². The standard InChI is InChI=1S/C13H22N4O3/c1-10(18)15-11-3-2-5-16(8-11)13(20)9-17-6-4-14-7-12(17)19/h11,14H,2-9H2,1H3,(H,15,18).